The Morgan fingerprint density at radius 3 is 2.00 bits per heavy atom. The monoisotopic (exact) mass is 597 g/mol. The quantitative estimate of drug-likeness (QED) is 0.243. The van der Waals surface area contributed by atoms with Gasteiger partial charge in [-0.05, 0) is 30.0 Å². The Bertz CT molecular complexity index is 1070. The second kappa shape index (κ2) is 10.2. The van der Waals surface area contributed by atoms with Gasteiger partial charge in [-0.2, -0.15) is 13.2 Å². The summed E-state index contributed by atoms with van der Waals surface area (Å²) >= 11 is 0. The molecule has 0 saturated carbocycles. The molecule has 0 aliphatic heterocycles. The van der Waals surface area contributed by atoms with E-state index in [1.54, 1.807) is 42.6 Å². The summed E-state index contributed by atoms with van der Waals surface area (Å²) in [5, 5.41) is 6.47. The Balaban J connectivity index is 0.000000207. The zero-order valence-electron chi connectivity index (χ0n) is 14.8. The van der Waals surface area contributed by atoms with Crippen LogP contribution in [0.15, 0.2) is 67.0 Å². The molecular formula is C20H11F5N4Pt. The number of halogens is 5. The van der Waals surface area contributed by atoms with Gasteiger partial charge in [0, 0.05) is 29.7 Å². The van der Waals surface area contributed by atoms with E-state index < -0.39 is 23.5 Å². The van der Waals surface area contributed by atoms with Gasteiger partial charge in [0.05, 0.1) is 0 Å². The molecule has 4 nitrogen and oxygen atoms in total. The van der Waals surface area contributed by atoms with Crippen LogP contribution in [0.4, 0.5) is 22.0 Å². The smallest absolute Gasteiger partial charge is 0.573 e. The minimum atomic E-state index is -4.46. The third kappa shape index (κ3) is 6.03. The first-order chi connectivity index (χ1) is 13.8. The van der Waals surface area contributed by atoms with Crippen LogP contribution < -0.4 is 5.10 Å². The van der Waals surface area contributed by atoms with Gasteiger partial charge in [0.2, 0.25) is 0 Å². The number of rotatable bonds is 2. The van der Waals surface area contributed by atoms with Crippen LogP contribution in [0.3, 0.4) is 0 Å². The van der Waals surface area contributed by atoms with Gasteiger partial charge in [0.15, 0.2) is 0 Å². The first-order valence-electron chi connectivity index (χ1n) is 8.12. The van der Waals surface area contributed by atoms with Crippen molar-refractivity contribution in [1.29, 1.82) is 0 Å². The van der Waals surface area contributed by atoms with Gasteiger partial charge in [-0.1, -0.05) is 35.5 Å². The maximum absolute atomic E-state index is 13.2. The van der Waals surface area contributed by atoms with E-state index in [1.165, 1.54) is 6.20 Å². The van der Waals surface area contributed by atoms with Crippen molar-refractivity contribution in [1.82, 2.24) is 20.2 Å². The molecule has 30 heavy (non-hydrogen) atoms. The molecule has 0 fully saturated rings. The molecule has 0 N–H and O–H groups in total. The molecule has 156 valence electrons. The van der Waals surface area contributed by atoms with Gasteiger partial charge in [-0.15, -0.1) is 12.1 Å². The third-order valence-electron chi connectivity index (χ3n) is 3.54. The van der Waals surface area contributed by atoms with Crippen LogP contribution in [0.25, 0.3) is 22.6 Å². The van der Waals surface area contributed by atoms with Crippen molar-refractivity contribution < 1.29 is 43.0 Å². The largest absolute Gasteiger partial charge is 2.00 e. The molecule has 0 spiro atoms. The molecule has 1 aromatic carbocycles. The van der Waals surface area contributed by atoms with E-state index in [2.05, 4.69) is 26.2 Å². The maximum atomic E-state index is 13.2. The predicted octanol–water partition coefficient (Wildman–Crippen LogP) is 4.94. The molecule has 0 atom stereocenters. The van der Waals surface area contributed by atoms with Gasteiger partial charge < -0.3 is 15.2 Å². The minimum Gasteiger partial charge on any atom is -0.573 e. The molecular weight excluding hydrogens is 586 g/mol. The first kappa shape index (κ1) is 23.3. The van der Waals surface area contributed by atoms with Crippen molar-refractivity contribution in [3.05, 3.63) is 90.4 Å². The Hall–Kier alpha value is -2.93. The molecule has 3 aromatic heterocycles. The number of hydrogen-bond acceptors (Lipinski definition) is 3. The van der Waals surface area contributed by atoms with Gasteiger partial charge >= 0.3 is 27.2 Å². The van der Waals surface area contributed by atoms with E-state index in [1.807, 2.05) is 0 Å². The number of hydrogen-bond donors (Lipinski definition) is 0. The van der Waals surface area contributed by atoms with Crippen LogP contribution in [0.1, 0.15) is 5.69 Å². The van der Waals surface area contributed by atoms with E-state index in [-0.39, 0.29) is 32.3 Å². The topological polar surface area (TPSA) is 52.8 Å². The van der Waals surface area contributed by atoms with Gasteiger partial charge in [-0.25, -0.2) is 0 Å². The van der Waals surface area contributed by atoms with E-state index >= 15 is 0 Å². The summed E-state index contributed by atoms with van der Waals surface area (Å²) in [5.74, 6) is -1.29. The van der Waals surface area contributed by atoms with Crippen molar-refractivity contribution in [3.8, 4) is 22.6 Å². The molecule has 3 heterocycles. The molecule has 0 radical (unpaired) electrons. The van der Waals surface area contributed by atoms with Crippen LogP contribution >= 0.6 is 0 Å². The Labute approximate surface area is 182 Å². The Morgan fingerprint density at radius 1 is 0.867 bits per heavy atom. The molecule has 0 unspecified atom stereocenters. The number of nitrogens with zero attached hydrogens (tertiary/aromatic N) is 4. The van der Waals surface area contributed by atoms with Crippen LogP contribution in [0, 0.1) is 17.7 Å². The summed E-state index contributed by atoms with van der Waals surface area (Å²) in [5.41, 5.74) is 0.142. The summed E-state index contributed by atoms with van der Waals surface area (Å²) in [7, 11) is 0. The fourth-order valence-corrected chi connectivity index (χ4v) is 2.22. The fourth-order valence-electron chi connectivity index (χ4n) is 2.22. The summed E-state index contributed by atoms with van der Waals surface area (Å²) in [6.45, 7) is 0. The minimum absolute atomic E-state index is 0. The molecule has 0 bridgehead atoms. The van der Waals surface area contributed by atoms with Crippen LogP contribution in [0.2, 0.25) is 0 Å². The molecule has 4 rings (SSSR count). The van der Waals surface area contributed by atoms with Crippen molar-refractivity contribution >= 4 is 0 Å². The van der Waals surface area contributed by atoms with E-state index in [0.717, 1.165) is 18.2 Å². The average Bonchev–Trinajstić information content (AvgIpc) is 3.21. The average molecular weight is 597 g/mol. The van der Waals surface area contributed by atoms with Crippen molar-refractivity contribution in [2.75, 3.05) is 0 Å². The number of alkyl halides is 3. The summed E-state index contributed by atoms with van der Waals surface area (Å²) in [4.78, 5) is 7.82. The summed E-state index contributed by atoms with van der Waals surface area (Å²) in [6.07, 6.45) is -1.43. The molecule has 0 amide bonds. The van der Waals surface area contributed by atoms with E-state index in [0.29, 0.717) is 11.4 Å². The van der Waals surface area contributed by atoms with Crippen LogP contribution in [-0.2, 0) is 27.2 Å². The predicted molar refractivity (Wildman–Crippen MR) is 94.2 cm³/mol. The second-order valence-corrected chi connectivity index (χ2v) is 5.58. The van der Waals surface area contributed by atoms with Gasteiger partial charge in [-0.3, -0.25) is 13.8 Å². The molecule has 0 aliphatic rings. The summed E-state index contributed by atoms with van der Waals surface area (Å²) < 4.78 is 62.4. The SMILES string of the molecule is FC(F)(F)c1cc(-c2ccccn2)[n-]n1.Fc1c[c-]c(-c2ccccn2)c(F)c1.[Pt+2]. The zero-order chi connectivity index (χ0) is 20.9. The Kier molecular flexibility index (Phi) is 7.94. The summed E-state index contributed by atoms with van der Waals surface area (Å²) in [6, 6.07) is 15.3. The van der Waals surface area contributed by atoms with E-state index in [9.17, 15) is 22.0 Å². The van der Waals surface area contributed by atoms with Crippen molar-refractivity contribution in [3.63, 3.8) is 0 Å². The number of pyridine rings is 2. The Morgan fingerprint density at radius 2 is 1.50 bits per heavy atom. The van der Waals surface area contributed by atoms with Crippen molar-refractivity contribution in [2.45, 2.75) is 6.18 Å². The molecule has 0 saturated heterocycles. The van der Waals surface area contributed by atoms with E-state index in [4.69, 9.17) is 0 Å². The van der Waals surface area contributed by atoms with Gasteiger partial charge in [0.1, 0.15) is 5.69 Å². The molecule has 4 aromatic rings. The zero-order valence-corrected chi connectivity index (χ0v) is 17.1. The number of benzene rings is 1. The first-order valence-corrected chi connectivity index (χ1v) is 8.12. The van der Waals surface area contributed by atoms with Crippen LogP contribution in [0.5, 0.6) is 0 Å². The van der Waals surface area contributed by atoms with Crippen LogP contribution in [-0.4, -0.2) is 15.1 Å². The fraction of sp³-hybridized carbons (Fsp3) is 0.0500. The third-order valence-corrected chi connectivity index (χ3v) is 3.54. The number of aromatic nitrogens is 4. The van der Waals surface area contributed by atoms with Crippen molar-refractivity contribution in [2.24, 2.45) is 0 Å². The van der Waals surface area contributed by atoms with Gasteiger partial charge in [0.25, 0.3) is 0 Å². The molecule has 0 aliphatic carbocycles. The molecule has 10 heteroatoms. The standard InChI is InChI=1S/C11H6F2N.C9H5F3N3.Pt/c12-8-4-5-9(10(13)7-8)11-3-1-2-6-14-11;10-9(11,12)8-5-7(14-15-8)6-3-1-2-4-13-6;/h1-4,6-7H;1-5H;/q2*-1;+2. The second-order valence-electron chi connectivity index (χ2n) is 5.58. The normalized spacial score (nSPS) is 10.6. The maximum Gasteiger partial charge on any atom is 2.00 e.